The van der Waals surface area contributed by atoms with Gasteiger partial charge in [-0.25, -0.2) is 0 Å². The lowest BCUT2D eigenvalue weighted by atomic mass is 9.92. The van der Waals surface area contributed by atoms with Crippen molar-refractivity contribution in [2.45, 2.75) is 39.2 Å². The highest BCUT2D eigenvalue weighted by atomic mass is 16.3. The van der Waals surface area contributed by atoms with Crippen LogP contribution >= 0.6 is 0 Å². The van der Waals surface area contributed by atoms with E-state index in [1.54, 1.807) is 12.1 Å². The van der Waals surface area contributed by atoms with Crippen LogP contribution in [0.2, 0.25) is 0 Å². The van der Waals surface area contributed by atoms with Crippen LogP contribution in [-0.2, 0) is 11.2 Å². The van der Waals surface area contributed by atoms with Gasteiger partial charge >= 0.3 is 0 Å². The Morgan fingerprint density at radius 1 is 1.10 bits per heavy atom. The summed E-state index contributed by atoms with van der Waals surface area (Å²) in [5, 5.41) is 5.82. The van der Waals surface area contributed by atoms with Gasteiger partial charge in [-0.1, -0.05) is 44.2 Å². The molecule has 1 aliphatic heterocycles. The minimum Gasteiger partial charge on any atom is -0.459 e. The normalized spacial score (nSPS) is 20.5. The zero-order valence-electron chi connectivity index (χ0n) is 18.0. The highest BCUT2D eigenvalue weighted by molar-refractivity contribution is 5.95. The van der Waals surface area contributed by atoms with Crippen molar-refractivity contribution in [3.8, 4) is 0 Å². The Kier molecular flexibility index (Phi) is 8.08. The van der Waals surface area contributed by atoms with E-state index in [9.17, 15) is 9.59 Å². The van der Waals surface area contributed by atoms with Crippen LogP contribution in [0.25, 0.3) is 0 Å². The van der Waals surface area contributed by atoms with E-state index < -0.39 is 6.04 Å². The van der Waals surface area contributed by atoms with E-state index in [4.69, 9.17) is 4.42 Å². The lowest BCUT2D eigenvalue weighted by molar-refractivity contribution is -0.123. The fourth-order valence-electron chi connectivity index (χ4n) is 4.31. The van der Waals surface area contributed by atoms with Crippen LogP contribution in [0.5, 0.6) is 0 Å². The molecule has 3 atom stereocenters. The van der Waals surface area contributed by atoms with E-state index in [2.05, 4.69) is 29.4 Å². The fraction of sp³-hybridized carbons (Fsp3) is 0.500. The van der Waals surface area contributed by atoms with Gasteiger partial charge in [-0.15, -0.1) is 0 Å². The van der Waals surface area contributed by atoms with Crippen molar-refractivity contribution in [2.75, 3.05) is 26.2 Å². The van der Waals surface area contributed by atoms with E-state index in [-0.39, 0.29) is 17.6 Å². The SMILES string of the molecule is CC1CC(C)CN(CCCNC(=O)C(Cc2ccccc2)NC(=O)c2ccco2)C1. The third kappa shape index (κ3) is 6.73. The van der Waals surface area contributed by atoms with Crippen molar-refractivity contribution in [1.29, 1.82) is 0 Å². The molecule has 1 fully saturated rings. The molecule has 0 spiro atoms. The van der Waals surface area contributed by atoms with E-state index in [1.165, 1.54) is 12.7 Å². The van der Waals surface area contributed by atoms with E-state index in [0.717, 1.165) is 43.5 Å². The molecule has 0 bridgehead atoms. The van der Waals surface area contributed by atoms with Crippen LogP contribution in [0.4, 0.5) is 0 Å². The third-order valence-corrected chi connectivity index (χ3v) is 5.54. The number of likely N-dealkylation sites (tertiary alicyclic amines) is 1. The van der Waals surface area contributed by atoms with Gasteiger partial charge in [-0.2, -0.15) is 0 Å². The summed E-state index contributed by atoms with van der Waals surface area (Å²) in [7, 11) is 0. The Hall–Kier alpha value is -2.60. The molecular weight excluding hydrogens is 378 g/mol. The van der Waals surface area contributed by atoms with Gasteiger partial charge in [0.15, 0.2) is 5.76 Å². The van der Waals surface area contributed by atoms with E-state index >= 15 is 0 Å². The summed E-state index contributed by atoms with van der Waals surface area (Å²) in [5.41, 5.74) is 0.994. The molecule has 0 saturated carbocycles. The predicted octanol–water partition coefficient (Wildman–Crippen LogP) is 3.10. The predicted molar refractivity (Wildman–Crippen MR) is 117 cm³/mol. The first-order chi connectivity index (χ1) is 14.5. The highest BCUT2D eigenvalue weighted by Gasteiger charge is 2.24. The average Bonchev–Trinajstić information content (AvgIpc) is 3.26. The molecule has 2 N–H and O–H groups in total. The topological polar surface area (TPSA) is 74.6 Å². The first-order valence-corrected chi connectivity index (χ1v) is 10.9. The molecule has 3 unspecified atom stereocenters. The Bertz CT molecular complexity index is 781. The molecule has 1 aromatic carbocycles. The second kappa shape index (κ2) is 11.0. The van der Waals surface area contributed by atoms with Crippen LogP contribution in [0.1, 0.15) is 42.8 Å². The van der Waals surface area contributed by atoms with Crippen LogP contribution < -0.4 is 10.6 Å². The third-order valence-electron chi connectivity index (χ3n) is 5.54. The van der Waals surface area contributed by atoms with Gasteiger partial charge in [-0.3, -0.25) is 9.59 Å². The average molecular weight is 412 g/mol. The molecule has 1 aromatic heterocycles. The number of hydrogen-bond donors (Lipinski definition) is 2. The number of furan rings is 1. The zero-order valence-corrected chi connectivity index (χ0v) is 18.0. The molecule has 6 heteroatoms. The Morgan fingerprint density at radius 3 is 2.50 bits per heavy atom. The van der Waals surface area contributed by atoms with Crippen LogP contribution in [0.15, 0.2) is 53.1 Å². The largest absolute Gasteiger partial charge is 0.459 e. The summed E-state index contributed by atoms with van der Waals surface area (Å²) in [6.07, 6.45) is 4.07. The highest BCUT2D eigenvalue weighted by Crippen LogP contribution is 2.20. The standard InChI is InChI=1S/C24H33N3O3/c1-18-14-19(2)17-27(16-18)12-7-11-25-23(28)21(15-20-8-4-3-5-9-20)26-24(29)22-10-6-13-30-22/h3-6,8-10,13,18-19,21H,7,11-12,14-17H2,1-2H3,(H,25,28)(H,26,29). The molecule has 3 rings (SSSR count). The first kappa shape index (κ1) is 22.1. The van der Waals surface area contributed by atoms with Gasteiger partial charge in [-0.05, 0) is 48.9 Å². The number of carbonyl (C=O) groups is 2. The number of nitrogens with one attached hydrogen (secondary N) is 2. The quantitative estimate of drug-likeness (QED) is 0.622. The smallest absolute Gasteiger partial charge is 0.287 e. The lowest BCUT2D eigenvalue weighted by Gasteiger charge is -2.35. The van der Waals surface area contributed by atoms with E-state index in [1.807, 2.05) is 30.3 Å². The van der Waals surface area contributed by atoms with Gasteiger partial charge in [0.25, 0.3) is 5.91 Å². The molecule has 6 nitrogen and oxygen atoms in total. The molecule has 30 heavy (non-hydrogen) atoms. The van der Waals surface area contributed by atoms with Crippen molar-refractivity contribution >= 4 is 11.8 Å². The summed E-state index contributed by atoms with van der Waals surface area (Å²) in [5.74, 6) is 1.12. The number of rotatable bonds is 9. The number of amides is 2. The molecule has 1 aliphatic rings. The first-order valence-electron chi connectivity index (χ1n) is 10.9. The molecule has 0 aliphatic carbocycles. The molecule has 2 heterocycles. The summed E-state index contributed by atoms with van der Waals surface area (Å²) >= 11 is 0. The maximum atomic E-state index is 12.8. The monoisotopic (exact) mass is 411 g/mol. The second-order valence-corrected chi connectivity index (χ2v) is 8.54. The number of nitrogens with zero attached hydrogens (tertiary/aromatic N) is 1. The molecular formula is C24H33N3O3. The summed E-state index contributed by atoms with van der Waals surface area (Å²) in [6, 6.07) is 12.3. The number of benzene rings is 1. The van der Waals surface area contributed by atoms with Crippen molar-refractivity contribution in [1.82, 2.24) is 15.5 Å². The molecule has 162 valence electrons. The Labute approximate surface area is 179 Å². The molecule has 2 amide bonds. The second-order valence-electron chi connectivity index (χ2n) is 8.54. The zero-order chi connectivity index (χ0) is 21.3. The Morgan fingerprint density at radius 2 is 1.83 bits per heavy atom. The minimum atomic E-state index is -0.653. The molecule has 1 saturated heterocycles. The van der Waals surface area contributed by atoms with Crippen LogP contribution in [0.3, 0.4) is 0 Å². The van der Waals surface area contributed by atoms with Crippen molar-refractivity contribution < 1.29 is 14.0 Å². The lowest BCUT2D eigenvalue weighted by Crippen LogP contribution is -2.48. The number of piperidine rings is 1. The Balaban J connectivity index is 1.51. The molecule has 0 radical (unpaired) electrons. The van der Waals surface area contributed by atoms with Gasteiger partial charge in [0, 0.05) is 26.1 Å². The van der Waals surface area contributed by atoms with Gasteiger partial charge in [0.1, 0.15) is 6.04 Å². The van der Waals surface area contributed by atoms with Gasteiger partial charge in [0.2, 0.25) is 5.91 Å². The van der Waals surface area contributed by atoms with Crippen LogP contribution in [-0.4, -0.2) is 48.9 Å². The number of hydrogen-bond acceptors (Lipinski definition) is 4. The molecule has 2 aromatic rings. The van der Waals surface area contributed by atoms with E-state index in [0.29, 0.717) is 13.0 Å². The van der Waals surface area contributed by atoms with Gasteiger partial charge < -0.3 is 20.0 Å². The number of carbonyl (C=O) groups excluding carboxylic acids is 2. The van der Waals surface area contributed by atoms with Gasteiger partial charge in [0.05, 0.1) is 6.26 Å². The minimum absolute atomic E-state index is 0.167. The summed E-state index contributed by atoms with van der Waals surface area (Å²) in [4.78, 5) is 27.7. The summed E-state index contributed by atoms with van der Waals surface area (Å²) < 4.78 is 5.16. The van der Waals surface area contributed by atoms with Crippen molar-refractivity contribution in [3.05, 3.63) is 60.1 Å². The van der Waals surface area contributed by atoms with Crippen LogP contribution in [0, 0.1) is 11.8 Å². The fourth-order valence-corrected chi connectivity index (χ4v) is 4.31. The summed E-state index contributed by atoms with van der Waals surface area (Å²) in [6.45, 7) is 8.46. The van der Waals surface area contributed by atoms with Crippen molar-refractivity contribution in [3.63, 3.8) is 0 Å². The maximum Gasteiger partial charge on any atom is 0.287 e. The maximum absolute atomic E-state index is 12.8. The van der Waals surface area contributed by atoms with Crippen molar-refractivity contribution in [2.24, 2.45) is 11.8 Å².